The molecule has 5 heteroatoms. The Morgan fingerprint density at radius 1 is 1.12 bits per heavy atom. The molecule has 0 aliphatic heterocycles. The van der Waals surface area contributed by atoms with Crippen LogP contribution in [0.15, 0.2) is 65.6 Å². The predicted octanol–water partition coefficient (Wildman–Crippen LogP) is 2.94. The Morgan fingerprint density at radius 2 is 1.92 bits per heavy atom. The molecule has 0 saturated carbocycles. The lowest BCUT2D eigenvalue weighted by atomic mass is 9.99. The van der Waals surface area contributed by atoms with Gasteiger partial charge in [-0.1, -0.05) is 36.4 Å². The van der Waals surface area contributed by atoms with E-state index in [-0.39, 0.29) is 11.6 Å². The highest BCUT2D eigenvalue weighted by atomic mass is 16.5. The molecule has 0 unspecified atom stereocenters. The molecule has 0 fully saturated rings. The molecule has 1 heterocycles. The van der Waals surface area contributed by atoms with E-state index in [1.165, 1.54) is 12.3 Å². The lowest BCUT2D eigenvalue weighted by Crippen LogP contribution is -2.10. The van der Waals surface area contributed by atoms with E-state index in [1.807, 2.05) is 48.5 Å². The second kappa shape index (κ2) is 6.60. The van der Waals surface area contributed by atoms with Crippen molar-refractivity contribution in [2.75, 3.05) is 12.8 Å². The topological polar surface area (TPSA) is 77.5 Å². The van der Waals surface area contributed by atoms with Crippen LogP contribution in [0.1, 0.15) is 5.56 Å². The molecule has 3 N–H and O–H groups in total. The Morgan fingerprint density at radius 3 is 2.71 bits per heavy atom. The molecular weight excluding hydrogens is 304 g/mol. The quantitative estimate of drug-likeness (QED) is 0.774. The second-order valence-corrected chi connectivity index (χ2v) is 5.46. The zero-order valence-corrected chi connectivity index (χ0v) is 13.3. The van der Waals surface area contributed by atoms with Crippen LogP contribution in [0.2, 0.25) is 0 Å². The van der Waals surface area contributed by atoms with Crippen LogP contribution in [0.3, 0.4) is 0 Å². The number of pyridine rings is 1. The number of nitrogens with two attached hydrogens (primary N) is 1. The number of hydrogen-bond acceptors (Lipinski definition) is 4. The fourth-order valence-corrected chi connectivity index (χ4v) is 2.67. The van der Waals surface area contributed by atoms with Crippen molar-refractivity contribution in [3.05, 3.63) is 76.6 Å². The van der Waals surface area contributed by atoms with Crippen LogP contribution in [-0.2, 0) is 11.3 Å². The standard InChI is InChI=1S/C19H18N2O3/c1-24-12-14-5-2-3-8-16(14)13-6-4-7-15(9-13)21-11-18(23)17(22)10-19(21)20/h2-11,23H,12,20H2,1H3. The van der Waals surface area contributed by atoms with E-state index in [1.54, 1.807) is 11.7 Å². The van der Waals surface area contributed by atoms with Crippen LogP contribution < -0.4 is 11.2 Å². The molecule has 0 saturated heterocycles. The van der Waals surface area contributed by atoms with Crippen LogP contribution in [0.25, 0.3) is 16.8 Å². The number of nitrogen functional groups attached to an aromatic ring is 1. The first kappa shape index (κ1) is 15.8. The number of methoxy groups -OCH3 is 1. The Kier molecular flexibility index (Phi) is 4.35. The summed E-state index contributed by atoms with van der Waals surface area (Å²) in [5.74, 6) is -0.0745. The van der Waals surface area contributed by atoms with Crippen LogP contribution >= 0.6 is 0 Å². The van der Waals surface area contributed by atoms with Crippen molar-refractivity contribution in [1.29, 1.82) is 0 Å². The fraction of sp³-hybridized carbons (Fsp3) is 0.105. The molecule has 0 aliphatic carbocycles. The molecule has 0 atom stereocenters. The minimum Gasteiger partial charge on any atom is -0.503 e. The van der Waals surface area contributed by atoms with Crippen molar-refractivity contribution in [3.8, 4) is 22.6 Å². The molecule has 122 valence electrons. The highest BCUT2D eigenvalue weighted by Crippen LogP contribution is 2.27. The molecule has 24 heavy (non-hydrogen) atoms. The summed E-state index contributed by atoms with van der Waals surface area (Å²) in [6.45, 7) is 0.515. The number of ether oxygens (including phenoxy) is 1. The zero-order valence-electron chi connectivity index (χ0n) is 13.3. The summed E-state index contributed by atoms with van der Waals surface area (Å²) in [5.41, 5.74) is 9.32. The van der Waals surface area contributed by atoms with Crippen molar-refractivity contribution in [1.82, 2.24) is 4.57 Å². The highest BCUT2D eigenvalue weighted by molar-refractivity contribution is 5.69. The average molecular weight is 322 g/mol. The van der Waals surface area contributed by atoms with E-state index >= 15 is 0 Å². The first-order valence-electron chi connectivity index (χ1n) is 7.49. The normalized spacial score (nSPS) is 10.7. The number of hydrogen-bond donors (Lipinski definition) is 2. The van der Waals surface area contributed by atoms with Gasteiger partial charge in [-0.3, -0.25) is 9.36 Å². The molecule has 0 amide bonds. The van der Waals surface area contributed by atoms with E-state index in [2.05, 4.69) is 0 Å². The van der Waals surface area contributed by atoms with Crippen molar-refractivity contribution < 1.29 is 9.84 Å². The van der Waals surface area contributed by atoms with Crippen LogP contribution in [0, 0.1) is 0 Å². The predicted molar refractivity (Wildman–Crippen MR) is 94.3 cm³/mol. The average Bonchev–Trinajstić information content (AvgIpc) is 2.59. The van der Waals surface area contributed by atoms with Gasteiger partial charge in [0.05, 0.1) is 12.8 Å². The molecular formula is C19H18N2O3. The summed E-state index contributed by atoms with van der Waals surface area (Å²) in [6.07, 6.45) is 1.33. The number of aromatic nitrogens is 1. The fourth-order valence-electron chi connectivity index (χ4n) is 2.67. The maximum atomic E-state index is 11.5. The van der Waals surface area contributed by atoms with Crippen molar-refractivity contribution in [3.63, 3.8) is 0 Å². The van der Waals surface area contributed by atoms with Gasteiger partial charge < -0.3 is 15.6 Å². The Bertz CT molecular complexity index is 932. The molecule has 0 spiro atoms. The van der Waals surface area contributed by atoms with Gasteiger partial charge in [-0.25, -0.2) is 0 Å². The molecule has 5 nitrogen and oxygen atoms in total. The SMILES string of the molecule is COCc1ccccc1-c1cccc(-n2cc(O)c(=O)cc2N)c1. The lowest BCUT2D eigenvalue weighted by molar-refractivity contribution is 0.185. The molecule has 0 radical (unpaired) electrons. The summed E-state index contributed by atoms with van der Waals surface area (Å²) in [5, 5.41) is 9.68. The first-order chi connectivity index (χ1) is 11.6. The van der Waals surface area contributed by atoms with E-state index in [4.69, 9.17) is 10.5 Å². The van der Waals surface area contributed by atoms with Gasteiger partial charge >= 0.3 is 0 Å². The molecule has 3 rings (SSSR count). The number of nitrogens with zero attached hydrogens (tertiary/aromatic N) is 1. The summed E-state index contributed by atoms with van der Waals surface area (Å²) in [7, 11) is 1.66. The maximum Gasteiger partial charge on any atom is 0.225 e. The minimum absolute atomic E-state index is 0.264. The van der Waals surface area contributed by atoms with E-state index in [0.717, 1.165) is 22.4 Å². The third kappa shape index (κ3) is 3.02. The van der Waals surface area contributed by atoms with E-state index < -0.39 is 5.43 Å². The van der Waals surface area contributed by atoms with Gasteiger partial charge in [0.25, 0.3) is 0 Å². The third-order valence-electron chi connectivity index (χ3n) is 3.81. The van der Waals surface area contributed by atoms with E-state index in [9.17, 15) is 9.90 Å². The number of anilines is 1. The molecule has 0 aliphatic rings. The molecule has 0 bridgehead atoms. The Hall–Kier alpha value is -3.05. The van der Waals surface area contributed by atoms with E-state index in [0.29, 0.717) is 6.61 Å². The van der Waals surface area contributed by atoms with Crippen molar-refractivity contribution >= 4 is 5.82 Å². The molecule has 2 aromatic carbocycles. The second-order valence-electron chi connectivity index (χ2n) is 5.46. The smallest absolute Gasteiger partial charge is 0.225 e. The van der Waals surface area contributed by atoms with Crippen LogP contribution in [-0.4, -0.2) is 16.8 Å². The lowest BCUT2D eigenvalue weighted by Gasteiger charge is -2.14. The Labute approximate surface area is 139 Å². The first-order valence-corrected chi connectivity index (χ1v) is 7.49. The van der Waals surface area contributed by atoms with Gasteiger partial charge in [-0.2, -0.15) is 0 Å². The van der Waals surface area contributed by atoms with Crippen molar-refractivity contribution in [2.24, 2.45) is 0 Å². The number of rotatable bonds is 4. The summed E-state index contributed by atoms with van der Waals surface area (Å²) < 4.78 is 6.84. The zero-order chi connectivity index (χ0) is 17.1. The molecule has 1 aromatic heterocycles. The van der Waals surface area contributed by atoms with Gasteiger partial charge in [0.15, 0.2) is 5.75 Å². The van der Waals surface area contributed by atoms with Gasteiger partial charge in [0, 0.05) is 18.9 Å². The van der Waals surface area contributed by atoms with Crippen LogP contribution in [0.4, 0.5) is 5.82 Å². The third-order valence-corrected chi connectivity index (χ3v) is 3.81. The summed E-state index contributed by atoms with van der Waals surface area (Å²) in [4.78, 5) is 11.5. The molecule has 3 aromatic rings. The van der Waals surface area contributed by atoms with Crippen LogP contribution in [0.5, 0.6) is 5.75 Å². The number of benzene rings is 2. The van der Waals surface area contributed by atoms with Gasteiger partial charge in [0.2, 0.25) is 5.43 Å². The largest absolute Gasteiger partial charge is 0.503 e. The number of aromatic hydroxyl groups is 1. The maximum absolute atomic E-state index is 11.5. The summed E-state index contributed by atoms with van der Waals surface area (Å²) >= 11 is 0. The van der Waals surface area contributed by atoms with Crippen molar-refractivity contribution in [2.45, 2.75) is 6.61 Å². The van der Waals surface area contributed by atoms with Gasteiger partial charge in [-0.05, 0) is 28.8 Å². The monoisotopic (exact) mass is 322 g/mol. The summed E-state index contributed by atoms with van der Waals surface area (Å²) in [6, 6.07) is 16.9. The van der Waals surface area contributed by atoms with Gasteiger partial charge in [0.1, 0.15) is 5.82 Å². The Balaban J connectivity index is 2.11. The highest BCUT2D eigenvalue weighted by Gasteiger charge is 2.08. The minimum atomic E-state index is -0.495. The van der Waals surface area contributed by atoms with Gasteiger partial charge in [-0.15, -0.1) is 0 Å².